The summed E-state index contributed by atoms with van der Waals surface area (Å²) < 4.78 is 15.2. The predicted molar refractivity (Wildman–Crippen MR) is 85.7 cm³/mol. The molecule has 5 heteroatoms. The standard InChI is InChI=1S/C15H12Br2FNO/c1-8-3-4-13(18)10(5-8)15(20)19-14-11(16)6-9(2)7-12(14)17/h3-7H,1-2H3,(H,19,20). The second kappa shape index (κ2) is 6.06. The third kappa shape index (κ3) is 3.27. The number of rotatable bonds is 2. The van der Waals surface area contributed by atoms with Crippen LogP contribution in [0, 0.1) is 19.7 Å². The first-order valence-corrected chi connectivity index (χ1v) is 7.50. The smallest absolute Gasteiger partial charge is 0.258 e. The third-order valence-electron chi connectivity index (χ3n) is 2.79. The van der Waals surface area contributed by atoms with Gasteiger partial charge in [0.1, 0.15) is 5.82 Å². The summed E-state index contributed by atoms with van der Waals surface area (Å²) in [5, 5.41) is 2.72. The Morgan fingerprint density at radius 1 is 1.05 bits per heavy atom. The number of hydrogen-bond donors (Lipinski definition) is 1. The van der Waals surface area contributed by atoms with Crippen LogP contribution in [0.3, 0.4) is 0 Å². The van der Waals surface area contributed by atoms with Crippen LogP contribution < -0.4 is 5.32 Å². The van der Waals surface area contributed by atoms with E-state index in [0.717, 1.165) is 20.1 Å². The SMILES string of the molecule is Cc1cc(Br)c(NC(=O)c2cc(C)ccc2F)c(Br)c1. The van der Waals surface area contributed by atoms with E-state index in [1.165, 1.54) is 12.1 Å². The molecule has 0 aliphatic heterocycles. The van der Waals surface area contributed by atoms with E-state index in [9.17, 15) is 9.18 Å². The van der Waals surface area contributed by atoms with Crippen LogP contribution in [-0.2, 0) is 0 Å². The van der Waals surface area contributed by atoms with Crippen molar-refractivity contribution in [1.29, 1.82) is 0 Å². The zero-order valence-corrected chi connectivity index (χ0v) is 14.1. The molecule has 0 spiro atoms. The first kappa shape index (κ1) is 15.2. The first-order valence-electron chi connectivity index (χ1n) is 5.91. The second-order valence-corrected chi connectivity index (χ2v) is 6.25. The van der Waals surface area contributed by atoms with Gasteiger partial charge in [-0.15, -0.1) is 0 Å². The second-order valence-electron chi connectivity index (χ2n) is 4.54. The van der Waals surface area contributed by atoms with E-state index in [0.29, 0.717) is 5.69 Å². The van der Waals surface area contributed by atoms with E-state index in [2.05, 4.69) is 37.2 Å². The van der Waals surface area contributed by atoms with Gasteiger partial charge in [-0.2, -0.15) is 0 Å². The van der Waals surface area contributed by atoms with Crippen molar-refractivity contribution < 1.29 is 9.18 Å². The number of hydrogen-bond acceptors (Lipinski definition) is 1. The van der Waals surface area contributed by atoms with Gasteiger partial charge in [0.15, 0.2) is 0 Å². The summed E-state index contributed by atoms with van der Waals surface area (Å²) in [6.07, 6.45) is 0. The fraction of sp³-hybridized carbons (Fsp3) is 0.133. The van der Waals surface area contributed by atoms with Crippen LogP contribution in [0.2, 0.25) is 0 Å². The van der Waals surface area contributed by atoms with Crippen molar-refractivity contribution in [1.82, 2.24) is 0 Å². The lowest BCUT2D eigenvalue weighted by Gasteiger charge is -2.11. The maximum absolute atomic E-state index is 13.7. The van der Waals surface area contributed by atoms with Gasteiger partial charge < -0.3 is 5.32 Å². The maximum atomic E-state index is 13.7. The van der Waals surface area contributed by atoms with Gasteiger partial charge in [-0.25, -0.2) is 4.39 Å². The van der Waals surface area contributed by atoms with Crippen molar-refractivity contribution in [2.45, 2.75) is 13.8 Å². The average Bonchev–Trinajstić information content (AvgIpc) is 2.36. The highest BCUT2D eigenvalue weighted by Crippen LogP contribution is 2.32. The molecule has 2 nitrogen and oxygen atoms in total. The van der Waals surface area contributed by atoms with Crippen LogP contribution in [0.1, 0.15) is 21.5 Å². The molecule has 0 aromatic heterocycles. The monoisotopic (exact) mass is 399 g/mol. The summed E-state index contributed by atoms with van der Waals surface area (Å²) in [5.74, 6) is -1.01. The van der Waals surface area contributed by atoms with Crippen LogP contribution in [0.25, 0.3) is 0 Å². The van der Waals surface area contributed by atoms with Gasteiger partial charge >= 0.3 is 0 Å². The van der Waals surface area contributed by atoms with Crippen LogP contribution in [0.4, 0.5) is 10.1 Å². The molecule has 2 aromatic carbocycles. The largest absolute Gasteiger partial charge is 0.320 e. The third-order valence-corrected chi connectivity index (χ3v) is 4.04. The molecule has 2 rings (SSSR count). The van der Waals surface area contributed by atoms with Crippen molar-refractivity contribution in [3.63, 3.8) is 0 Å². The minimum atomic E-state index is -0.535. The molecule has 0 atom stereocenters. The van der Waals surface area contributed by atoms with Gasteiger partial charge in [0.25, 0.3) is 5.91 Å². The summed E-state index contributed by atoms with van der Waals surface area (Å²) in [4.78, 5) is 12.2. The van der Waals surface area contributed by atoms with Gasteiger partial charge in [0, 0.05) is 8.95 Å². The molecule has 0 bridgehead atoms. The summed E-state index contributed by atoms with van der Waals surface area (Å²) in [5.41, 5.74) is 2.49. The molecule has 0 fully saturated rings. The van der Waals surface area contributed by atoms with E-state index in [1.807, 2.05) is 26.0 Å². The van der Waals surface area contributed by atoms with Crippen LogP contribution in [-0.4, -0.2) is 5.91 Å². The normalized spacial score (nSPS) is 10.4. The molecule has 0 aliphatic carbocycles. The fourth-order valence-corrected chi connectivity index (χ4v) is 3.43. The molecule has 0 saturated heterocycles. The molecule has 0 unspecified atom stereocenters. The van der Waals surface area contributed by atoms with Crippen LogP contribution in [0.15, 0.2) is 39.3 Å². The Hall–Kier alpha value is -1.20. The lowest BCUT2D eigenvalue weighted by Crippen LogP contribution is -2.14. The van der Waals surface area contributed by atoms with Crippen molar-refractivity contribution in [2.75, 3.05) is 5.32 Å². The zero-order chi connectivity index (χ0) is 14.9. The predicted octanol–water partition coefficient (Wildman–Crippen LogP) is 5.22. The Kier molecular flexibility index (Phi) is 4.60. The summed E-state index contributed by atoms with van der Waals surface area (Å²) in [6, 6.07) is 8.22. The van der Waals surface area contributed by atoms with Crippen LogP contribution >= 0.6 is 31.9 Å². The highest BCUT2D eigenvalue weighted by Gasteiger charge is 2.15. The molecule has 1 N–H and O–H groups in total. The average molecular weight is 401 g/mol. The summed E-state index contributed by atoms with van der Waals surface area (Å²) >= 11 is 6.79. The number of halogens is 3. The van der Waals surface area contributed by atoms with Gasteiger partial charge in [0.2, 0.25) is 0 Å². The van der Waals surface area contributed by atoms with Crippen LogP contribution in [0.5, 0.6) is 0 Å². The van der Waals surface area contributed by atoms with E-state index >= 15 is 0 Å². The Balaban J connectivity index is 2.35. The van der Waals surface area contributed by atoms with Crippen molar-refractivity contribution >= 4 is 43.5 Å². The summed E-state index contributed by atoms with van der Waals surface area (Å²) in [7, 11) is 0. The molecule has 0 saturated carbocycles. The van der Waals surface area contributed by atoms with Gasteiger partial charge in [-0.05, 0) is 75.5 Å². The molecular weight excluding hydrogens is 389 g/mol. The Morgan fingerprint density at radius 3 is 2.25 bits per heavy atom. The molecular formula is C15H12Br2FNO. The van der Waals surface area contributed by atoms with E-state index in [4.69, 9.17) is 0 Å². The maximum Gasteiger partial charge on any atom is 0.258 e. The lowest BCUT2D eigenvalue weighted by molar-refractivity contribution is 0.102. The van der Waals surface area contributed by atoms with Gasteiger partial charge in [-0.3, -0.25) is 4.79 Å². The van der Waals surface area contributed by atoms with Crippen molar-refractivity contribution in [3.8, 4) is 0 Å². The van der Waals surface area contributed by atoms with E-state index in [-0.39, 0.29) is 5.56 Å². The number of amides is 1. The molecule has 2 aromatic rings. The Bertz CT molecular complexity index is 663. The zero-order valence-electron chi connectivity index (χ0n) is 10.9. The highest BCUT2D eigenvalue weighted by atomic mass is 79.9. The quantitative estimate of drug-likeness (QED) is 0.735. The number of benzene rings is 2. The van der Waals surface area contributed by atoms with Crippen molar-refractivity contribution in [3.05, 3.63) is 61.8 Å². The first-order chi connectivity index (χ1) is 9.38. The minimum Gasteiger partial charge on any atom is -0.320 e. The molecule has 0 heterocycles. The van der Waals surface area contributed by atoms with Gasteiger partial charge in [-0.1, -0.05) is 11.6 Å². The van der Waals surface area contributed by atoms with E-state index in [1.54, 1.807) is 6.07 Å². The lowest BCUT2D eigenvalue weighted by atomic mass is 10.1. The molecule has 1 amide bonds. The highest BCUT2D eigenvalue weighted by molar-refractivity contribution is 9.11. The van der Waals surface area contributed by atoms with Crippen molar-refractivity contribution in [2.24, 2.45) is 0 Å². The number of nitrogens with one attached hydrogen (secondary N) is 1. The number of anilines is 1. The molecule has 0 radical (unpaired) electrons. The molecule has 20 heavy (non-hydrogen) atoms. The Labute approximate surface area is 133 Å². The fourth-order valence-electron chi connectivity index (χ4n) is 1.81. The Morgan fingerprint density at radius 2 is 1.65 bits per heavy atom. The molecule has 104 valence electrons. The topological polar surface area (TPSA) is 29.1 Å². The number of carbonyl (C=O) groups is 1. The number of aryl methyl sites for hydroxylation is 2. The van der Waals surface area contributed by atoms with E-state index < -0.39 is 11.7 Å². The minimum absolute atomic E-state index is 0.0318. The molecule has 0 aliphatic rings. The number of carbonyl (C=O) groups excluding carboxylic acids is 1. The summed E-state index contributed by atoms with van der Waals surface area (Å²) in [6.45, 7) is 3.76. The van der Waals surface area contributed by atoms with Gasteiger partial charge in [0.05, 0.1) is 11.3 Å².